The summed E-state index contributed by atoms with van der Waals surface area (Å²) in [5, 5.41) is 0. The lowest BCUT2D eigenvalue weighted by Gasteiger charge is -2.29. The van der Waals surface area contributed by atoms with Crippen LogP contribution in [0.3, 0.4) is 0 Å². The molecule has 0 spiro atoms. The first-order chi connectivity index (χ1) is 11.6. The molecule has 0 amide bonds. The quantitative estimate of drug-likeness (QED) is 0.691. The van der Waals surface area contributed by atoms with Gasteiger partial charge < -0.3 is 4.74 Å². The van der Waals surface area contributed by atoms with Crippen LogP contribution in [0.5, 0.6) is 0 Å². The number of benzene rings is 1. The molecule has 1 heterocycles. The van der Waals surface area contributed by atoms with Gasteiger partial charge in [-0.1, -0.05) is 44.2 Å². The molecule has 1 aromatic heterocycles. The Balaban J connectivity index is 2.07. The van der Waals surface area contributed by atoms with Crippen molar-refractivity contribution in [3.8, 4) is 0 Å². The summed E-state index contributed by atoms with van der Waals surface area (Å²) in [5.41, 5.74) is 2.50. The topological polar surface area (TPSA) is 38.2 Å². The average Bonchev–Trinajstić information content (AvgIpc) is 2.58. The van der Waals surface area contributed by atoms with Gasteiger partial charge in [0, 0.05) is 37.7 Å². The molecule has 24 heavy (non-hydrogen) atoms. The standard InChI is InChI=1S/C20H29N3O/c1-16(2)10-11-19(18-8-6-5-7-9-18)23(3)14-17-12-21-20(15-24-4)22-13-17/h5-9,12-13,16,19H,10-11,14-15H2,1-4H3. The Kier molecular flexibility index (Phi) is 7.35. The van der Waals surface area contributed by atoms with Crippen molar-refractivity contribution in [2.24, 2.45) is 5.92 Å². The van der Waals surface area contributed by atoms with E-state index in [1.54, 1.807) is 7.11 Å². The minimum Gasteiger partial charge on any atom is -0.377 e. The highest BCUT2D eigenvalue weighted by Gasteiger charge is 2.17. The van der Waals surface area contributed by atoms with Crippen molar-refractivity contribution in [3.05, 3.63) is 59.7 Å². The Morgan fingerprint density at radius 1 is 1.04 bits per heavy atom. The van der Waals surface area contributed by atoms with Crippen LogP contribution >= 0.6 is 0 Å². The van der Waals surface area contributed by atoms with Gasteiger partial charge in [-0.05, 0) is 31.4 Å². The molecular weight excluding hydrogens is 298 g/mol. The molecule has 0 bridgehead atoms. The molecule has 1 aromatic carbocycles. The lowest BCUT2D eigenvalue weighted by Crippen LogP contribution is -2.25. The maximum atomic E-state index is 5.06. The van der Waals surface area contributed by atoms with Crippen LogP contribution in [0, 0.1) is 5.92 Å². The second-order valence-corrected chi connectivity index (χ2v) is 6.75. The summed E-state index contributed by atoms with van der Waals surface area (Å²) in [6.07, 6.45) is 6.18. The normalized spacial score (nSPS) is 12.8. The molecule has 2 aromatic rings. The summed E-state index contributed by atoms with van der Waals surface area (Å²) in [4.78, 5) is 11.1. The summed E-state index contributed by atoms with van der Waals surface area (Å²) in [5.74, 6) is 1.43. The first-order valence-corrected chi connectivity index (χ1v) is 8.64. The van der Waals surface area contributed by atoms with Crippen LogP contribution in [-0.4, -0.2) is 29.0 Å². The van der Waals surface area contributed by atoms with Gasteiger partial charge in [0.2, 0.25) is 0 Å². The first kappa shape index (κ1) is 18.6. The van der Waals surface area contributed by atoms with E-state index in [9.17, 15) is 0 Å². The maximum absolute atomic E-state index is 5.06. The predicted molar refractivity (Wildman–Crippen MR) is 97.5 cm³/mol. The Morgan fingerprint density at radius 2 is 1.71 bits per heavy atom. The van der Waals surface area contributed by atoms with E-state index in [0.717, 1.165) is 24.4 Å². The second kappa shape index (κ2) is 9.50. The van der Waals surface area contributed by atoms with E-state index in [0.29, 0.717) is 18.6 Å². The molecule has 0 aliphatic heterocycles. The number of hydrogen-bond acceptors (Lipinski definition) is 4. The highest BCUT2D eigenvalue weighted by molar-refractivity contribution is 5.19. The van der Waals surface area contributed by atoms with Crippen molar-refractivity contribution in [1.82, 2.24) is 14.9 Å². The Hall–Kier alpha value is -1.78. The summed E-state index contributed by atoms with van der Waals surface area (Å²) in [7, 11) is 3.84. The molecule has 0 fully saturated rings. The molecule has 0 aliphatic carbocycles. The van der Waals surface area contributed by atoms with Crippen molar-refractivity contribution < 1.29 is 4.74 Å². The van der Waals surface area contributed by atoms with Gasteiger partial charge >= 0.3 is 0 Å². The zero-order valence-electron chi connectivity index (χ0n) is 15.3. The third-order valence-electron chi connectivity index (χ3n) is 4.20. The largest absolute Gasteiger partial charge is 0.377 e. The zero-order valence-corrected chi connectivity index (χ0v) is 15.3. The van der Waals surface area contributed by atoms with E-state index in [-0.39, 0.29) is 0 Å². The van der Waals surface area contributed by atoms with Gasteiger partial charge in [0.1, 0.15) is 6.61 Å². The van der Waals surface area contributed by atoms with Gasteiger partial charge in [-0.25, -0.2) is 9.97 Å². The number of nitrogens with zero attached hydrogens (tertiary/aromatic N) is 3. The average molecular weight is 327 g/mol. The van der Waals surface area contributed by atoms with Crippen molar-refractivity contribution in [2.45, 2.75) is 45.9 Å². The highest BCUT2D eigenvalue weighted by atomic mass is 16.5. The SMILES string of the molecule is COCc1ncc(CN(C)C(CCC(C)C)c2ccccc2)cn1. The van der Waals surface area contributed by atoms with Gasteiger partial charge in [-0.15, -0.1) is 0 Å². The maximum Gasteiger partial charge on any atom is 0.153 e. The molecular formula is C20H29N3O. The van der Waals surface area contributed by atoms with Crippen LogP contribution in [0.4, 0.5) is 0 Å². The predicted octanol–water partition coefficient (Wildman–Crippen LogP) is 4.23. The van der Waals surface area contributed by atoms with E-state index in [2.05, 4.69) is 66.1 Å². The molecule has 2 rings (SSSR count). The van der Waals surface area contributed by atoms with Crippen molar-refractivity contribution in [2.75, 3.05) is 14.2 Å². The van der Waals surface area contributed by atoms with Crippen LogP contribution < -0.4 is 0 Å². The van der Waals surface area contributed by atoms with Gasteiger partial charge in [0.05, 0.1) is 0 Å². The summed E-state index contributed by atoms with van der Waals surface area (Å²) in [6, 6.07) is 11.2. The summed E-state index contributed by atoms with van der Waals surface area (Å²) in [6.45, 7) is 5.86. The van der Waals surface area contributed by atoms with Gasteiger partial charge in [-0.2, -0.15) is 0 Å². The molecule has 0 N–H and O–H groups in total. The Morgan fingerprint density at radius 3 is 2.29 bits per heavy atom. The summed E-state index contributed by atoms with van der Waals surface area (Å²) < 4.78 is 5.06. The minimum atomic E-state index is 0.409. The van der Waals surface area contributed by atoms with E-state index in [1.165, 1.54) is 12.0 Å². The Labute approximate surface area is 145 Å². The molecule has 1 unspecified atom stereocenters. The van der Waals surface area contributed by atoms with Crippen LogP contribution in [0.1, 0.15) is 49.7 Å². The third-order valence-corrected chi connectivity index (χ3v) is 4.20. The van der Waals surface area contributed by atoms with Gasteiger partial charge in [-0.3, -0.25) is 4.90 Å². The number of hydrogen-bond donors (Lipinski definition) is 0. The molecule has 0 radical (unpaired) electrons. The lowest BCUT2D eigenvalue weighted by atomic mass is 9.96. The first-order valence-electron chi connectivity index (χ1n) is 8.64. The fraction of sp³-hybridized carbons (Fsp3) is 0.500. The minimum absolute atomic E-state index is 0.409. The number of aromatic nitrogens is 2. The van der Waals surface area contributed by atoms with E-state index in [1.807, 2.05) is 12.4 Å². The van der Waals surface area contributed by atoms with Gasteiger partial charge in [0.15, 0.2) is 5.82 Å². The molecule has 0 saturated heterocycles. The van der Waals surface area contributed by atoms with E-state index >= 15 is 0 Å². The smallest absolute Gasteiger partial charge is 0.153 e. The number of ether oxygens (including phenoxy) is 1. The van der Waals surface area contributed by atoms with Crippen molar-refractivity contribution in [3.63, 3.8) is 0 Å². The van der Waals surface area contributed by atoms with Crippen molar-refractivity contribution in [1.29, 1.82) is 0 Å². The molecule has 4 nitrogen and oxygen atoms in total. The summed E-state index contributed by atoms with van der Waals surface area (Å²) >= 11 is 0. The lowest BCUT2D eigenvalue weighted by molar-refractivity contribution is 0.177. The van der Waals surface area contributed by atoms with E-state index in [4.69, 9.17) is 4.74 Å². The van der Waals surface area contributed by atoms with E-state index < -0.39 is 0 Å². The Bertz CT molecular complexity index is 584. The van der Waals surface area contributed by atoms with Crippen LogP contribution in [0.2, 0.25) is 0 Å². The second-order valence-electron chi connectivity index (χ2n) is 6.75. The number of rotatable bonds is 9. The molecule has 4 heteroatoms. The number of methoxy groups -OCH3 is 1. The third kappa shape index (κ3) is 5.69. The molecule has 0 saturated carbocycles. The monoisotopic (exact) mass is 327 g/mol. The van der Waals surface area contributed by atoms with Crippen molar-refractivity contribution >= 4 is 0 Å². The fourth-order valence-electron chi connectivity index (χ4n) is 2.87. The molecule has 130 valence electrons. The van der Waals surface area contributed by atoms with Crippen LogP contribution in [-0.2, 0) is 17.9 Å². The zero-order chi connectivity index (χ0) is 17.4. The molecule has 0 aliphatic rings. The van der Waals surface area contributed by atoms with Gasteiger partial charge in [0.25, 0.3) is 0 Å². The fourth-order valence-corrected chi connectivity index (χ4v) is 2.87. The van der Waals surface area contributed by atoms with Crippen LogP contribution in [0.25, 0.3) is 0 Å². The van der Waals surface area contributed by atoms with Crippen LogP contribution in [0.15, 0.2) is 42.7 Å². The highest BCUT2D eigenvalue weighted by Crippen LogP contribution is 2.27. The molecule has 1 atom stereocenters.